The van der Waals surface area contributed by atoms with Crippen LogP contribution in [0.1, 0.15) is 57.3 Å². The first-order valence-electron chi connectivity index (χ1n) is 9.86. The Bertz CT molecular complexity index is 720. The fourth-order valence-corrected chi connectivity index (χ4v) is 3.57. The van der Waals surface area contributed by atoms with Crippen LogP contribution in [0.3, 0.4) is 0 Å². The van der Waals surface area contributed by atoms with E-state index in [9.17, 15) is 14.4 Å². The average molecular weight is 389 g/mol. The number of rotatable bonds is 8. The smallest absolute Gasteiger partial charge is 0.219 e. The number of nitrogens with zero attached hydrogens (tertiary/aromatic N) is 1. The number of Topliss-reactive ketones (excluding diaryl/α,β-unsaturated/α-hetero) is 2. The fourth-order valence-electron chi connectivity index (χ4n) is 3.57. The molecule has 0 N–H and O–H groups in total. The molecule has 2 rings (SSSR count). The second kappa shape index (κ2) is 9.71. The normalized spacial score (nSPS) is 16.0. The number of carbonyl (C=O) groups is 3. The molecular weight excluding hydrogens is 358 g/mol. The largest absolute Gasteiger partial charge is 0.493 e. The molecule has 1 aliphatic rings. The minimum atomic E-state index is -0.277. The number of carbonyl (C=O) groups excluding carboxylic acids is 3. The maximum Gasteiger partial charge on any atom is 0.219 e. The van der Waals surface area contributed by atoms with Gasteiger partial charge in [0.15, 0.2) is 17.3 Å². The molecule has 1 heterocycles. The summed E-state index contributed by atoms with van der Waals surface area (Å²) >= 11 is 0. The zero-order valence-corrected chi connectivity index (χ0v) is 17.5. The molecule has 1 saturated heterocycles. The van der Waals surface area contributed by atoms with Crippen LogP contribution in [0, 0.1) is 11.8 Å². The molecule has 1 fully saturated rings. The molecule has 0 radical (unpaired) electrons. The summed E-state index contributed by atoms with van der Waals surface area (Å²) in [4.78, 5) is 37.7. The molecule has 0 bridgehead atoms. The summed E-state index contributed by atoms with van der Waals surface area (Å²) in [6.07, 6.45) is 1.73. The van der Waals surface area contributed by atoms with E-state index >= 15 is 0 Å². The molecule has 1 aliphatic heterocycles. The summed E-state index contributed by atoms with van der Waals surface area (Å²) in [5.74, 6) is 0.980. The van der Waals surface area contributed by atoms with Gasteiger partial charge in [-0.1, -0.05) is 13.8 Å². The van der Waals surface area contributed by atoms with Crippen molar-refractivity contribution in [2.45, 2.75) is 53.1 Å². The van der Waals surface area contributed by atoms with E-state index in [1.165, 1.54) is 6.92 Å². The standard InChI is InChI=1S/C22H31NO5/c1-14(2)19(15(3)24)13-20(26)17-6-7-21(22(12-17)27-5)28-18-8-10-23(11-9-18)16(4)25/h6-7,12,14,18-19H,8-11,13H2,1-5H3. The second-order valence-electron chi connectivity index (χ2n) is 7.78. The molecule has 1 atom stereocenters. The molecule has 0 aliphatic carbocycles. The lowest BCUT2D eigenvalue weighted by Gasteiger charge is -2.31. The zero-order chi connectivity index (χ0) is 20.8. The lowest BCUT2D eigenvalue weighted by molar-refractivity contribution is -0.130. The van der Waals surface area contributed by atoms with Gasteiger partial charge in [-0.15, -0.1) is 0 Å². The van der Waals surface area contributed by atoms with Crippen LogP contribution >= 0.6 is 0 Å². The van der Waals surface area contributed by atoms with E-state index in [2.05, 4.69) is 0 Å². The van der Waals surface area contributed by atoms with Crippen LogP contribution in [0.15, 0.2) is 18.2 Å². The zero-order valence-electron chi connectivity index (χ0n) is 17.5. The predicted molar refractivity (Wildman–Crippen MR) is 107 cm³/mol. The quantitative estimate of drug-likeness (QED) is 0.636. The number of benzene rings is 1. The van der Waals surface area contributed by atoms with Crippen molar-refractivity contribution in [2.75, 3.05) is 20.2 Å². The first-order valence-corrected chi connectivity index (χ1v) is 9.86. The summed E-state index contributed by atoms with van der Waals surface area (Å²) in [5.41, 5.74) is 0.516. The molecule has 1 aromatic rings. The Labute approximate surface area is 167 Å². The van der Waals surface area contributed by atoms with Gasteiger partial charge in [-0.25, -0.2) is 0 Å². The van der Waals surface area contributed by atoms with E-state index in [1.54, 1.807) is 32.2 Å². The van der Waals surface area contributed by atoms with Gasteiger partial charge in [0.25, 0.3) is 0 Å². The first-order chi connectivity index (χ1) is 13.2. The topological polar surface area (TPSA) is 72.9 Å². The second-order valence-corrected chi connectivity index (χ2v) is 7.78. The van der Waals surface area contributed by atoms with E-state index in [0.29, 0.717) is 30.2 Å². The van der Waals surface area contributed by atoms with Crippen LogP contribution in [0.5, 0.6) is 11.5 Å². The van der Waals surface area contributed by atoms with Crippen molar-refractivity contribution in [1.82, 2.24) is 4.90 Å². The fraction of sp³-hybridized carbons (Fsp3) is 0.591. The van der Waals surface area contributed by atoms with Gasteiger partial charge in [-0.05, 0) is 31.0 Å². The van der Waals surface area contributed by atoms with Crippen LogP contribution < -0.4 is 9.47 Å². The number of piperidine rings is 1. The Balaban J connectivity index is 2.06. The Hall–Kier alpha value is -2.37. The Kier molecular flexibility index (Phi) is 7.61. The number of amides is 1. The van der Waals surface area contributed by atoms with Gasteiger partial charge < -0.3 is 14.4 Å². The molecule has 1 amide bonds. The number of likely N-dealkylation sites (tertiary alicyclic amines) is 1. The summed E-state index contributed by atoms with van der Waals surface area (Å²) in [5, 5.41) is 0. The molecule has 0 saturated carbocycles. The minimum absolute atomic E-state index is 0.00841. The lowest BCUT2D eigenvalue weighted by atomic mass is 9.86. The van der Waals surface area contributed by atoms with Gasteiger partial charge in [0, 0.05) is 50.8 Å². The van der Waals surface area contributed by atoms with Gasteiger partial charge in [-0.2, -0.15) is 0 Å². The van der Waals surface area contributed by atoms with Crippen LogP contribution in [-0.4, -0.2) is 48.7 Å². The maximum absolute atomic E-state index is 12.6. The summed E-state index contributed by atoms with van der Waals surface area (Å²) < 4.78 is 11.5. The first kappa shape index (κ1) is 21.9. The van der Waals surface area contributed by atoms with Gasteiger partial charge in [0.05, 0.1) is 7.11 Å². The molecule has 0 spiro atoms. The van der Waals surface area contributed by atoms with Gasteiger partial charge in [-0.3, -0.25) is 14.4 Å². The Morgan fingerprint density at radius 1 is 1.11 bits per heavy atom. The maximum atomic E-state index is 12.6. The Morgan fingerprint density at radius 2 is 1.75 bits per heavy atom. The highest BCUT2D eigenvalue weighted by molar-refractivity contribution is 5.99. The number of hydrogen-bond donors (Lipinski definition) is 0. The van der Waals surface area contributed by atoms with E-state index in [1.807, 2.05) is 18.7 Å². The molecule has 28 heavy (non-hydrogen) atoms. The van der Waals surface area contributed by atoms with Crippen LogP contribution in [-0.2, 0) is 9.59 Å². The van der Waals surface area contributed by atoms with E-state index in [-0.39, 0.29) is 41.8 Å². The third-order valence-corrected chi connectivity index (χ3v) is 5.40. The number of methoxy groups -OCH3 is 1. The summed E-state index contributed by atoms with van der Waals surface area (Å²) in [6, 6.07) is 5.16. The van der Waals surface area contributed by atoms with Gasteiger partial charge >= 0.3 is 0 Å². The number of hydrogen-bond acceptors (Lipinski definition) is 5. The van der Waals surface area contributed by atoms with E-state index < -0.39 is 0 Å². The van der Waals surface area contributed by atoms with Crippen molar-refractivity contribution in [3.8, 4) is 11.5 Å². The SMILES string of the molecule is COc1cc(C(=O)CC(C(C)=O)C(C)C)ccc1OC1CCN(C(C)=O)CC1. The summed E-state index contributed by atoms with van der Waals surface area (Å²) in [6.45, 7) is 8.38. The average Bonchev–Trinajstić information content (AvgIpc) is 2.66. The lowest BCUT2D eigenvalue weighted by Crippen LogP contribution is -2.40. The van der Waals surface area contributed by atoms with Crippen molar-refractivity contribution in [2.24, 2.45) is 11.8 Å². The van der Waals surface area contributed by atoms with Crippen LogP contribution in [0.4, 0.5) is 0 Å². The highest BCUT2D eigenvalue weighted by Crippen LogP contribution is 2.32. The highest BCUT2D eigenvalue weighted by Gasteiger charge is 2.25. The third-order valence-electron chi connectivity index (χ3n) is 5.40. The van der Waals surface area contributed by atoms with Crippen LogP contribution in [0.2, 0.25) is 0 Å². The van der Waals surface area contributed by atoms with Gasteiger partial charge in [0.2, 0.25) is 5.91 Å². The Morgan fingerprint density at radius 3 is 2.25 bits per heavy atom. The number of ketones is 2. The molecule has 154 valence electrons. The van der Waals surface area contributed by atoms with Crippen molar-refractivity contribution < 1.29 is 23.9 Å². The highest BCUT2D eigenvalue weighted by atomic mass is 16.5. The summed E-state index contributed by atoms with van der Waals surface area (Å²) in [7, 11) is 1.54. The van der Waals surface area contributed by atoms with Crippen molar-refractivity contribution in [1.29, 1.82) is 0 Å². The van der Waals surface area contributed by atoms with Gasteiger partial charge in [0.1, 0.15) is 11.9 Å². The van der Waals surface area contributed by atoms with E-state index in [0.717, 1.165) is 12.8 Å². The monoisotopic (exact) mass is 389 g/mol. The van der Waals surface area contributed by atoms with Crippen molar-refractivity contribution in [3.63, 3.8) is 0 Å². The van der Waals surface area contributed by atoms with Crippen molar-refractivity contribution in [3.05, 3.63) is 23.8 Å². The molecule has 1 aromatic carbocycles. The molecule has 6 nitrogen and oxygen atoms in total. The molecular formula is C22H31NO5. The molecule has 0 aromatic heterocycles. The van der Waals surface area contributed by atoms with E-state index in [4.69, 9.17) is 9.47 Å². The van der Waals surface area contributed by atoms with Crippen molar-refractivity contribution >= 4 is 17.5 Å². The molecule has 6 heteroatoms. The number of ether oxygens (including phenoxy) is 2. The minimum Gasteiger partial charge on any atom is -0.493 e. The van der Waals surface area contributed by atoms with Crippen LogP contribution in [0.25, 0.3) is 0 Å². The molecule has 1 unspecified atom stereocenters. The predicted octanol–water partition coefficient (Wildman–Crippen LogP) is 3.52. The third kappa shape index (κ3) is 5.57.